The van der Waals surface area contributed by atoms with Gasteiger partial charge >= 0.3 is 19.8 Å². The van der Waals surface area contributed by atoms with E-state index < -0.39 is 44.7 Å². The summed E-state index contributed by atoms with van der Waals surface area (Å²) in [6.45, 7) is 3.99. The average molecular weight is 899 g/mol. The minimum absolute atomic E-state index is 0.0138. The van der Waals surface area contributed by atoms with Gasteiger partial charge < -0.3 is 29.1 Å². The van der Waals surface area contributed by atoms with Gasteiger partial charge in [0.15, 0.2) is 6.10 Å². The summed E-state index contributed by atoms with van der Waals surface area (Å²) in [4.78, 5) is 35.5. The maximum absolute atomic E-state index is 12.8. The Labute approximate surface area is 379 Å². The molecule has 0 aromatic heterocycles. The summed E-state index contributed by atoms with van der Waals surface area (Å²) in [5.74, 6) is -1.08. The quantitative estimate of drug-likeness (QED) is 0.0177. The van der Waals surface area contributed by atoms with Crippen LogP contribution in [0.4, 0.5) is 0 Å². The van der Waals surface area contributed by atoms with Crippen LogP contribution in [0.3, 0.4) is 0 Å². The molecule has 0 aliphatic carbocycles. The number of carbonyl (C=O) groups excluding carboxylic acids is 2. The number of hydrogen-bond acceptors (Lipinski definition) is 9. The number of aliphatic hydroxyl groups is 2. The number of aliphatic hydroxyl groups excluding tert-OH is 2. The van der Waals surface area contributed by atoms with Crippen molar-refractivity contribution in [3.63, 3.8) is 0 Å². The number of hydrogen-bond donors (Lipinski definition) is 3. The van der Waals surface area contributed by atoms with Crippen LogP contribution in [0.1, 0.15) is 194 Å². The number of quaternary nitrogens is 1. The first-order valence-corrected chi connectivity index (χ1v) is 26.0. The Morgan fingerprint density at radius 1 is 0.565 bits per heavy atom. The number of carbonyl (C=O) groups is 2. The highest BCUT2D eigenvalue weighted by molar-refractivity contribution is 7.47. The Balaban J connectivity index is 4.49. The van der Waals surface area contributed by atoms with Crippen molar-refractivity contribution in [1.29, 1.82) is 0 Å². The number of esters is 2. The zero-order valence-corrected chi connectivity index (χ0v) is 41.0. The third kappa shape index (κ3) is 43.2. The third-order valence-corrected chi connectivity index (χ3v) is 11.6. The fourth-order valence-corrected chi connectivity index (χ4v) is 7.37. The first-order chi connectivity index (χ1) is 29.8. The van der Waals surface area contributed by atoms with E-state index in [0.29, 0.717) is 23.9 Å². The predicted octanol–water partition coefficient (Wildman–Crippen LogP) is 12.2. The van der Waals surface area contributed by atoms with Crippen LogP contribution in [0.2, 0.25) is 0 Å². The second-order valence-corrected chi connectivity index (χ2v) is 19.2. The molecule has 4 atom stereocenters. The number of nitrogens with zero attached hydrogens (tertiary/aromatic N) is 1. The van der Waals surface area contributed by atoms with Gasteiger partial charge in [0.1, 0.15) is 19.8 Å². The fraction of sp³-hybridized carbons (Fsp3) is 0.800. The Bertz CT molecular complexity index is 1230. The first kappa shape index (κ1) is 59.9. The molecule has 11 nitrogen and oxygen atoms in total. The van der Waals surface area contributed by atoms with Crippen molar-refractivity contribution in [3.8, 4) is 0 Å². The molecule has 0 rings (SSSR count). The molecule has 12 heteroatoms. The number of unbranched alkanes of at least 4 members (excludes halogenated alkanes) is 18. The standard InChI is InChI=1S/C50H92NO10P/c1-6-8-10-12-14-16-18-20-21-22-23-24-25-26-28-30-32-34-36-40-50(55)61-46(45-60-62(56,57)59-43-42-51(3,4)5)44-58-49(54)41-37-39-48(53)47(52)38-35-33-31-29-27-19-17-15-13-11-9-7-2/h9,11,15,17,27,29,33,35,46-48,52-53H,6-8,10,12-14,16,18-26,28,30-32,34,36-45H2,1-5H3/p+1/b11-9-,17-15-,29-27-,35-33-/t46-,47+,48+/m1/s1. The zero-order valence-electron chi connectivity index (χ0n) is 40.1. The Morgan fingerprint density at radius 3 is 1.50 bits per heavy atom. The molecule has 0 amide bonds. The molecule has 0 radical (unpaired) electrons. The summed E-state index contributed by atoms with van der Waals surface area (Å²) in [6, 6.07) is 0. The van der Waals surface area contributed by atoms with Crippen LogP contribution in [0.15, 0.2) is 48.6 Å². The minimum Gasteiger partial charge on any atom is -0.462 e. The normalized spacial score (nSPS) is 14.9. The van der Waals surface area contributed by atoms with Crippen molar-refractivity contribution in [2.45, 2.75) is 212 Å². The maximum Gasteiger partial charge on any atom is 0.472 e. The van der Waals surface area contributed by atoms with E-state index in [1.165, 1.54) is 96.3 Å². The molecule has 0 saturated heterocycles. The van der Waals surface area contributed by atoms with Gasteiger partial charge in [0.25, 0.3) is 0 Å². The largest absolute Gasteiger partial charge is 0.472 e. The Morgan fingerprint density at radius 2 is 1.02 bits per heavy atom. The van der Waals surface area contributed by atoms with Crippen molar-refractivity contribution in [1.82, 2.24) is 0 Å². The topological polar surface area (TPSA) is 149 Å². The fourth-order valence-electron chi connectivity index (χ4n) is 6.63. The molecule has 0 bridgehead atoms. The van der Waals surface area contributed by atoms with Crippen LogP contribution in [0, 0.1) is 0 Å². The lowest BCUT2D eigenvalue weighted by atomic mass is 10.0. The van der Waals surface area contributed by atoms with Gasteiger partial charge in [-0.25, -0.2) is 4.57 Å². The molecule has 1 unspecified atom stereocenters. The highest BCUT2D eigenvalue weighted by Gasteiger charge is 2.27. The van der Waals surface area contributed by atoms with Crippen LogP contribution in [-0.2, 0) is 32.7 Å². The van der Waals surface area contributed by atoms with Gasteiger partial charge in [-0.2, -0.15) is 0 Å². The van der Waals surface area contributed by atoms with Crippen molar-refractivity contribution < 1.29 is 52.3 Å². The summed E-state index contributed by atoms with van der Waals surface area (Å²) in [7, 11) is 1.32. The average Bonchev–Trinajstić information content (AvgIpc) is 3.22. The van der Waals surface area contributed by atoms with E-state index in [9.17, 15) is 29.3 Å². The van der Waals surface area contributed by atoms with Gasteiger partial charge in [-0.05, 0) is 51.4 Å². The van der Waals surface area contributed by atoms with Gasteiger partial charge in [-0.3, -0.25) is 18.6 Å². The minimum atomic E-state index is -4.45. The third-order valence-electron chi connectivity index (χ3n) is 10.6. The van der Waals surface area contributed by atoms with E-state index in [0.717, 1.165) is 44.9 Å². The van der Waals surface area contributed by atoms with E-state index in [1.54, 1.807) is 0 Å². The van der Waals surface area contributed by atoms with Gasteiger partial charge in [0, 0.05) is 12.8 Å². The molecular formula is C50H93NO10P+. The SMILES string of the molecule is CC/C=C\C/C=C\C/C=C\C/C=C\C[C@H](O)[C@@H](O)CCCC(=O)OC[C@H](COP(=O)(O)OCC[N+](C)(C)C)OC(=O)CCCCCCCCCCCCCCCCCCCCC. The molecule has 62 heavy (non-hydrogen) atoms. The van der Waals surface area contributed by atoms with Crippen LogP contribution in [0.25, 0.3) is 0 Å². The van der Waals surface area contributed by atoms with E-state index in [2.05, 4.69) is 50.3 Å². The lowest BCUT2D eigenvalue weighted by Gasteiger charge is -2.24. The second kappa shape index (κ2) is 41.6. The van der Waals surface area contributed by atoms with Crippen molar-refractivity contribution in [2.75, 3.05) is 47.5 Å². The highest BCUT2D eigenvalue weighted by atomic mass is 31.2. The van der Waals surface area contributed by atoms with E-state index >= 15 is 0 Å². The Hall–Kier alpha value is -2.11. The molecule has 0 fully saturated rings. The summed E-state index contributed by atoms with van der Waals surface area (Å²) in [5, 5.41) is 20.8. The number of likely N-dealkylation sites (N-methyl/N-ethyl adjacent to an activating group) is 1. The molecule has 362 valence electrons. The molecule has 0 spiro atoms. The van der Waals surface area contributed by atoms with Gasteiger partial charge in [0.05, 0.1) is 40.0 Å². The van der Waals surface area contributed by atoms with Crippen molar-refractivity contribution in [2.24, 2.45) is 0 Å². The number of ether oxygens (including phenoxy) is 2. The molecule has 0 aliphatic rings. The molecule has 0 aromatic carbocycles. The molecule has 0 heterocycles. The number of phosphoric ester groups is 1. The summed E-state index contributed by atoms with van der Waals surface area (Å²) >= 11 is 0. The van der Waals surface area contributed by atoms with Crippen molar-refractivity contribution in [3.05, 3.63) is 48.6 Å². The number of phosphoric acid groups is 1. The van der Waals surface area contributed by atoms with Crippen LogP contribution in [-0.4, -0.2) is 97.3 Å². The van der Waals surface area contributed by atoms with Crippen LogP contribution < -0.4 is 0 Å². The Kier molecular flexibility index (Phi) is 40.2. The molecule has 0 saturated carbocycles. The smallest absolute Gasteiger partial charge is 0.462 e. The lowest BCUT2D eigenvalue weighted by Crippen LogP contribution is -2.37. The van der Waals surface area contributed by atoms with Crippen molar-refractivity contribution >= 4 is 19.8 Å². The molecule has 3 N–H and O–H groups in total. The maximum atomic E-state index is 12.8. The second-order valence-electron chi connectivity index (χ2n) is 17.8. The summed E-state index contributed by atoms with van der Waals surface area (Å²) in [6.07, 6.45) is 41.9. The van der Waals surface area contributed by atoms with Gasteiger partial charge in [0.2, 0.25) is 0 Å². The molecule has 0 aliphatic heterocycles. The number of rotatable bonds is 44. The first-order valence-electron chi connectivity index (χ1n) is 24.5. The summed E-state index contributed by atoms with van der Waals surface area (Å²) in [5.41, 5.74) is 0. The van der Waals surface area contributed by atoms with E-state index in [-0.39, 0.29) is 38.9 Å². The zero-order chi connectivity index (χ0) is 46.0. The van der Waals surface area contributed by atoms with E-state index in [4.69, 9.17) is 18.5 Å². The predicted molar refractivity (Wildman–Crippen MR) is 255 cm³/mol. The lowest BCUT2D eigenvalue weighted by molar-refractivity contribution is -0.870. The van der Waals surface area contributed by atoms with E-state index in [1.807, 2.05) is 33.3 Å². The monoisotopic (exact) mass is 899 g/mol. The van der Waals surface area contributed by atoms with Gasteiger partial charge in [-0.15, -0.1) is 0 Å². The summed E-state index contributed by atoms with van der Waals surface area (Å²) < 4.78 is 34.2. The van der Waals surface area contributed by atoms with Gasteiger partial charge in [-0.1, -0.05) is 178 Å². The molecule has 0 aromatic rings. The van der Waals surface area contributed by atoms with Crippen LogP contribution >= 0.6 is 7.82 Å². The molecular weight excluding hydrogens is 806 g/mol. The number of allylic oxidation sites excluding steroid dienone is 7. The highest BCUT2D eigenvalue weighted by Crippen LogP contribution is 2.43. The van der Waals surface area contributed by atoms with Crippen LogP contribution in [0.5, 0.6) is 0 Å².